The van der Waals surface area contributed by atoms with Gasteiger partial charge in [0, 0.05) is 27.5 Å². The van der Waals surface area contributed by atoms with Crippen LogP contribution >= 0.6 is 15.9 Å². The largest absolute Gasteiger partial charge is 0.389 e. The standard InChI is InChI=1S/C13H12BrFN2O/c1-7-11(8(2)18)6-16-13(17-7)10-4-3-9(15)5-12(10)14/h3-6,8,18H,1-2H3/t8-/m1/s1. The molecule has 2 rings (SSSR count). The van der Waals surface area contributed by atoms with Crippen molar-refractivity contribution in [3.05, 3.63) is 45.9 Å². The Labute approximate surface area is 113 Å². The maximum atomic E-state index is 13.0. The van der Waals surface area contributed by atoms with Gasteiger partial charge in [-0.25, -0.2) is 14.4 Å². The number of halogens is 2. The predicted molar refractivity (Wildman–Crippen MR) is 70.5 cm³/mol. The van der Waals surface area contributed by atoms with Gasteiger partial charge in [0.05, 0.1) is 6.10 Å². The fourth-order valence-corrected chi connectivity index (χ4v) is 2.22. The molecule has 1 aromatic heterocycles. The monoisotopic (exact) mass is 310 g/mol. The number of aliphatic hydroxyl groups is 1. The smallest absolute Gasteiger partial charge is 0.160 e. The lowest BCUT2D eigenvalue weighted by molar-refractivity contribution is 0.197. The second kappa shape index (κ2) is 5.12. The first-order valence-corrected chi connectivity index (χ1v) is 6.25. The third kappa shape index (κ3) is 2.57. The minimum Gasteiger partial charge on any atom is -0.389 e. The van der Waals surface area contributed by atoms with E-state index in [4.69, 9.17) is 0 Å². The molecule has 0 spiro atoms. The van der Waals surface area contributed by atoms with Crippen LogP contribution in [-0.4, -0.2) is 15.1 Å². The number of benzene rings is 1. The van der Waals surface area contributed by atoms with Gasteiger partial charge in [-0.2, -0.15) is 0 Å². The van der Waals surface area contributed by atoms with Crippen LogP contribution in [0.2, 0.25) is 0 Å². The van der Waals surface area contributed by atoms with Crippen molar-refractivity contribution in [3.8, 4) is 11.4 Å². The molecule has 0 radical (unpaired) electrons. The van der Waals surface area contributed by atoms with E-state index in [2.05, 4.69) is 25.9 Å². The van der Waals surface area contributed by atoms with Crippen molar-refractivity contribution in [2.45, 2.75) is 20.0 Å². The van der Waals surface area contributed by atoms with Crippen molar-refractivity contribution in [2.24, 2.45) is 0 Å². The molecule has 3 nitrogen and oxygen atoms in total. The summed E-state index contributed by atoms with van der Waals surface area (Å²) < 4.78 is 13.6. The number of rotatable bonds is 2. The van der Waals surface area contributed by atoms with E-state index in [0.29, 0.717) is 21.6 Å². The highest BCUT2D eigenvalue weighted by Crippen LogP contribution is 2.27. The van der Waals surface area contributed by atoms with Crippen LogP contribution in [0.1, 0.15) is 24.3 Å². The van der Waals surface area contributed by atoms with Crippen molar-refractivity contribution in [1.82, 2.24) is 9.97 Å². The number of nitrogens with zero attached hydrogens (tertiary/aromatic N) is 2. The molecule has 94 valence electrons. The normalized spacial score (nSPS) is 12.5. The van der Waals surface area contributed by atoms with Crippen molar-refractivity contribution >= 4 is 15.9 Å². The minimum atomic E-state index is -0.601. The van der Waals surface area contributed by atoms with Crippen LogP contribution in [0.5, 0.6) is 0 Å². The summed E-state index contributed by atoms with van der Waals surface area (Å²) in [6.07, 6.45) is 0.994. The van der Waals surface area contributed by atoms with Gasteiger partial charge in [-0.1, -0.05) is 0 Å². The van der Waals surface area contributed by atoms with E-state index in [1.54, 1.807) is 19.2 Å². The predicted octanol–water partition coefficient (Wildman–Crippen LogP) is 3.41. The lowest BCUT2D eigenvalue weighted by atomic mass is 10.1. The van der Waals surface area contributed by atoms with E-state index in [-0.39, 0.29) is 5.82 Å². The summed E-state index contributed by atoms with van der Waals surface area (Å²) in [6.45, 7) is 3.48. The Morgan fingerprint density at radius 3 is 2.67 bits per heavy atom. The highest BCUT2D eigenvalue weighted by molar-refractivity contribution is 9.10. The van der Waals surface area contributed by atoms with Gasteiger partial charge in [-0.15, -0.1) is 0 Å². The van der Waals surface area contributed by atoms with Crippen molar-refractivity contribution in [1.29, 1.82) is 0 Å². The van der Waals surface area contributed by atoms with Crippen LogP contribution in [0.3, 0.4) is 0 Å². The molecular weight excluding hydrogens is 299 g/mol. The summed E-state index contributed by atoms with van der Waals surface area (Å²) in [5.41, 5.74) is 2.12. The van der Waals surface area contributed by atoms with E-state index < -0.39 is 6.10 Å². The second-order valence-corrected chi connectivity index (χ2v) is 4.89. The molecule has 0 aliphatic rings. The maximum absolute atomic E-state index is 13.0. The summed E-state index contributed by atoms with van der Waals surface area (Å²) in [4.78, 5) is 8.53. The van der Waals surface area contributed by atoms with Crippen LogP contribution in [0.15, 0.2) is 28.9 Å². The molecule has 0 bridgehead atoms. The summed E-state index contributed by atoms with van der Waals surface area (Å²) in [7, 11) is 0. The average Bonchev–Trinajstić information content (AvgIpc) is 2.28. The first-order chi connectivity index (χ1) is 8.49. The molecule has 1 aromatic carbocycles. The van der Waals surface area contributed by atoms with Gasteiger partial charge in [0.1, 0.15) is 5.82 Å². The number of aliphatic hydroxyl groups excluding tert-OH is 1. The Bertz CT molecular complexity index is 587. The van der Waals surface area contributed by atoms with E-state index >= 15 is 0 Å². The van der Waals surface area contributed by atoms with E-state index in [1.807, 2.05) is 6.92 Å². The molecule has 1 heterocycles. The Morgan fingerprint density at radius 1 is 1.39 bits per heavy atom. The highest BCUT2D eigenvalue weighted by atomic mass is 79.9. The average molecular weight is 311 g/mol. The Morgan fingerprint density at radius 2 is 2.11 bits per heavy atom. The number of aromatic nitrogens is 2. The van der Waals surface area contributed by atoms with E-state index in [9.17, 15) is 9.50 Å². The molecule has 0 aliphatic carbocycles. The molecule has 0 amide bonds. The van der Waals surface area contributed by atoms with E-state index in [1.165, 1.54) is 12.1 Å². The zero-order valence-corrected chi connectivity index (χ0v) is 11.6. The fourth-order valence-electron chi connectivity index (χ4n) is 1.69. The van der Waals surface area contributed by atoms with Gasteiger partial charge in [-0.05, 0) is 48.0 Å². The topological polar surface area (TPSA) is 46.0 Å². The Balaban J connectivity index is 2.49. The summed E-state index contributed by atoms with van der Waals surface area (Å²) in [5, 5.41) is 9.52. The zero-order valence-electron chi connectivity index (χ0n) is 9.98. The van der Waals surface area contributed by atoms with Crippen LogP contribution in [0.25, 0.3) is 11.4 Å². The molecule has 2 aromatic rings. The highest BCUT2D eigenvalue weighted by Gasteiger charge is 2.11. The number of hydrogen-bond donors (Lipinski definition) is 1. The van der Waals surface area contributed by atoms with Crippen molar-refractivity contribution in [3.63, 3.8) is 0 Å². The molecule has 1 N–H and O–H groups in total. The zero-order chi connectivity index (χ0) is 13.3. The molecule has 0 unspecified atom stereocenters. The molecule has 0 saturated carbocycles. The van der Waals surface area contributed by atoms with Crippen LogP contribution < -0.4 is 0 Å². The van der Waals surface area contributed by atoms with Gasteiger partial charge < -0.3 is 5.11 Å². The summed E-state index contributed by atoms with van der Waals surface area (Å²) in [5.74, 6) is 0.187. The Kier molecular flexibility index (Phi) is 3.73. The van der Waals surface area contributed by atoms with Gasteiger partial charge >= 0.3 is 0 Å². The van der Waals surface area contributed by atoms with Gasteiger partial charge in [0.25, 0.3) is 0 Å². The second-order valence-electron chi connectivity index (χ2n) is 4.03. The van der Waals surface area contributed by atoms with Crippen LogP contribution in [0, 0.1) is 12.7 Å². The van der Waals surface area contributed by atoms with Gasteiger partial charge in [-0.3, -0.25) is 0 Å². The lowest BCUT2D eigenvalue weighted by Gasteiger charge is -2.10. The van der Waals surface area contributed by atoms with Crippen molar-refractivity contribution in [2.75, 3.05) is 0 Å². The summed E-state index contributed by atoms with van der Waals surface area (Å²) in [6, 6.07) is 4.36. The summed E-state index contributed by atoms with van der Waals surface area (Å²) >= 11 is 3.29. The number of hydrogen-bond acceptors (Lipinski definition) is 3. The third-order valence-electron chi connectivity index (χ3n) is 2.64. The fraction of sp³-hybridized carbons (Fsp3) is 0.231. The first-order valence-electron chi connectivity index (χ1n) is 5.46. The lowest BCUT2D eigenvalue weighted by Crippen LogP contribution is -2.01. The molecule has 0 aliphatic heterocycles. The molecule has 0 saturated heterocycles. The molecule has 0 fully saturated rings. The SMILES string of the molecule is Cc1nc(-c2ccc(F)cc2Br)ncc1[C@@H](C)O. The molecule has 1 atom stereocenters. The van der Waals surface area contributed by atoms with Gasteiger partial charge in [0.15, 0.2) is 5.82 Å². The van der Waals surface area contributed by atoms with Gasteiger partial charge in [0.2, 0.25) is 0 Å². The molecule has 18 heavy (non-hydrogen) atoms. The molecular formula is C13H12BrFN2O. The maximum Gasteiger partial charge on any atom is 0.160 e. The van der Waals surface area contributed by atoms with E-state index in [0.717, 1.165) is 5.56 Å². The quantitative estimate of drug-likeness (QED) is 0.924. The number of aryl methyl sites for hydroxylation is 1. The van der Waals surface area contributed by atoms with Crippen LogP contribution in [0.4, 0.5) is 4.39 Å². The molecule has 5 heteroatoms. The minimum absolute atomic E-state index is 0.317. The Hall–Kier alpha value is -1.33. The first kappa shape index (κ1) is 13.1. The van der Waals surface area contributed by atoms with Crippen LogP contribution in [-0.2, 0) is 0 Å². The third-order valence-corrected chi connectivity index (χ3v) is 3.30. The van der Waals surface area contributed by atoms with Crippen molar-refractivity contribution < 1.29 is 9.50 Å².